The van der Waals surface area contributed by atoms with Crippen LogP contribution in [0.25, 0.3) is 0 Å². The van der Waals surface area contributed by atoms with Gasteiger partial charge in [-0.25, -0.2) is 0 Å². The molecular formula is C21H33ClN2O. The van der Waals surface area contributed by atoms with E-state index in [0.29, 0.717) is 12.6 Å². The second kappa shape index (κ2) is 8.73. The first-order valence-corrected chi connectivity index (χ1v) is 10.4. The molecule has 4 saturated carbocycles. The van der Waals surface area contributed by atoms with Crippen molar-refractivity contribution in [3.8, 4) is 0 Å². The van der Waals surface area contributed by atoms with E-state index in [1.807, 2.05) is 19.9 Å². The molecule has 2 N–H and O–H groups in total. The summed E-state index contributed by atoms with van der Waals surface area (Å²) in [5.74, 6) is 3.85. The molecule has 0 unspecified atom stereocenters. The Kier molecular flexibility index (Phi) is 6.62. The van der Waals surface area contributed by atoms with Gasteiger partial charge in [-0.1, -0.05) is 23.3 Å². The summed E-state index contributed by atoms with van der Waals surface area (Å²) in [5, 5.41) is 7.59. The molecule has 0 saturated heterocycles. The number of halogens is 1. The van der Waals surface area contributed by atoms with Gasteiger partial charge >= 0.3 is 0 Å². The highest BCUT2D eigenvalue weighted by Crippen LogP contribution is 2.53. The molecule has 0 aliphatic heterocycles. The molecule has 4 aliphatic rings. The topological polar surface area (TPSA) is 41.1 Å². The number of hydrogen-bond donors (Lipinski definition) is 2. The predicted octanol–water partition coefficient (Wildman–Crippen LogP) is 4.39. The van der Waals surface area contributed by atoms with Crippen LogP contribution >= 0.6 is 11.6 Å². The summed E-state index contributed by atoms with van der Waals surface area (Å²) >= 11 is 5.82. The Hall–Kier alpha value is -0.800. The maximum Gasteiger partial charge on any atom is 0.243 e. The zero-order chi connectivity index (χ0) is 17.8. The van der Waals surface area contributed by atoms with Gasteiger partial charge in [0.2, 0.25) is 5.91 Å². The van der Waals surface area contributed by atoms with Crippen LogP contribution < -0.4 is 10.6 Å². The molecular weight excluding hydrogens is 332 g/mol. The van der Waals surface area contributed by atoms with E-state index in [-0.39, 0.29) is 5.91 Å². The number of rotatable bonds is 8. The lowest BCUT2D eigenvalue weighted by Gasteiger charge is -2.54. The third-order valence-electron chi connectivity index (χ3n) is 6.37. The van der Waals surface area contributed by atoms with Crippen molar-refractivity contribution in [1.82, 2.24) is 10.6 Å². The van der Waals surface area contributed by atoms with Crippen LogP contribution in [0, 0.1) is 23.7 Å². The number of carbonyl (C=O) groups excluding carboxylic acids is 1. The average molecular weight is 365 g/mol. The van der Waals surface area contributed by atoms with Gasteiger partial charge < -0.3 is 10.6 Å². The molecule has 0 radical (unpaired) electrons. The molecule has 0 aromatic heterocycles. The summed E-state index contributed by atoms with van der Waals surface area (Å²) in [6, 6.07) is 0.701. The van der Waals surface area contributed by atoms with Crippen molar-refractivity contribution >= 4 is 17.5 Å². The highest BCUT2D eigenvalue weighted by atomic mass is 35.5. The van der Waals surface area contributed by atoms with Crippen LogP contribution in [0.15, 0.2) is 22.8 Å². The SMILES string of the molecule is C/C(Cl)=C\CC/C(C)=C/C(=O)NCCNC1C2CC3CC(C2)CC1C3. The van der Waals surface area contributed by atoms with Crippen molar-refractivity contribution in [2.75, 3.05) is 13.1 Å². The van der Waals surface area contributed by atoms with Gasteiger partial charge in [-0.3, -0.25) is 4.79 Å². The van der Waals surface area contributed by atoms with Crippen molar-refractivity contribution in [2.24, 2.45) is 23.7 Å². The summed E-state index contributed by atoms with van der Waals surface area (Å²) in [5.41, 5.74) is 1.10. The van der Waals surface area contributed by atoms with Crippen LogP contribution in [-0.4, -0.2) is 25.0 Å². The molecule has 4 rings (SSSR count). The highest BCUT2D eigenvalue weighted by molar-refractivity contribution is 6.29. The molecule has 0 heterocycles. The number of allylic oxidation sites excluding steroid dienone is 3. The van der Waals surface area contributed by atoms with Crippen molar-refractivity contribution in [3.63, 3.8) is 0 Å². The van der Waals surface area contributed by atoms with Crippen molar-refractivity contribution < 1.29 is 4.79 Å². The zero-order valence-corrected chi connectivity index (χ0v) is 16.4. The highest BCUT2D eigenvalue weighted by Gasteiger charge is 2.47. The first-order chi connectivity index (χ1) is 12.0. The lowest BCUT2D eigenvalue weighted by molar-refractivity contribution is -0.116. The minimum absolute atomic E-state index is 0.0240. The van der Waals surface area contributed by atoms with E-state index in [4.69, 9.17) is 11.6 Å². The smallest absolute Gasteiger partial charge is 0.243 e. The Bertz CT molecular complexity index is 508. The fourth-order valence-corrected chi connectivity index (χ4v) is 5.64. The molecule has 4 heteroatoms. The van der Waals surface area contributed by atoms with Crippen LogP contribution in [0.4, 0.5) is 0 Å². The Morgan fingerprint density at radius 3 is 2.28 bits per heavy atom. The van der Waals surface area contributed by atoms with Gasteiger partial charge in [0.15, 0.2) is 0 Å². The third-order valence-corrected chi connectivity index (χ3v) is 6.53. The van der Waals surface area contributed by atoms with Gasteiger partial charge in [0.05, 0.1) is 0 Å². The summed E-state index contributed by atoms with van der Waals surface area (Å²) in [6.45, 7) is 5.49. The van der Waals surface area contributed by atoms with Gasteiger partial charge in [-0.2, -0.15) is 0 Å². The fraction of sp³-hybridized carbons (Fsp3) is 0.762. The monoisotopic (exact) mass is 364 g/mol. The second-order valence-electron chi connectivity index (χ2n) is 8.52. The zero-order valence-electron chi connectivity index (χ0n) is 15.7. The summed E-state index contributed by atoms with van der Waals surface area (Å²) in [4.78, 5) is 12.0. The van der Waals surface area contributed by atoms with E-state index < -0.39 is 0 Å². The number of carbonyl (C=O) groups is 1. The predicted molar refractivity (Wildman–Crippen MR) is 104 cm³/mol. The first-order valence-electron chi connectivity index (χ1n) is 10.0. The summed E-state index contributed by atoms with van der Waals surface area (Å²) < 4.78 is 0. The molecule has 140 valence electrons. The minimum atomic E-state index is 0.0240. The standard InChI is InChI=1S/C21H33ClN2O/c1-14(4-3-5-15(2)22)8-20(25)23-6-7-24-21-18-10-16-9-17(12-18)13-19(21)11-16/h5,8,16-19,21,24H,3-4,6-7,9-13H2,1-2H3,(H,23,25)/b14-8+,15-5+. The van der Waals surface area contributed by atoms with Crippen LogP contribution in [0.3, 0.4) is 0 Å². The van der Waals surface area contributed by atoms with E-state index >= 15 is 0 Å². The largest absolute Gasteiger partial charge is 0.351 e. The molecule has 4 fully saturated rings. The van der Waals surface area contributed by atoms with Crippen molar-refractivity contribution in [3.05, 3.63) is 22.8 Å². The Labute approximate surface area is 157 Å². The van der Waals surface area contributed by atoms with E-state index in [0.717, 1.165) is 53.7 Å². The van der Waals surface area contributed by atoms with Crippen LogP contribution in [0.5, 0.6) is 0 Å². The number of nitrogens with one attached hydrogen (secondary N) is 2. The molecule has 0 atom stereocenters. The summed E-state index contributed by atoms with van der Waals surface area (Å²) in [7, 11) is 0. The van der Waals surface area contributed by atoms with E-state index in [1.54, 1.807) is 6.08 Å². The quantitative estimate of drug-likeness (QED) is 0.495. The van der Waals surface area contributed by atoms with E-state index in [1.165, 1.54) is 32.1 Å². The molecule has 0 spiro atoms. The molecule has 0 aromatic rings. The molecule has 3 nitrogen and oxygen atoms in total. The fourth-order valence-electron chi connectivity index (χ4n) is 5.53. The maximum atomic E-state index is 12.0. The van der Waals surface area contributed by atoms with Gasteiger partial charge in [-0.15, -0.1) is 0 Å². The van der Waals surface area contributed by atoms with Gasteiger partial charge in [0, 0.05) is 30.2 Å². The second-order valence-corrected chi connectivity index (χ2v) is 9.12. The molecule has 25 heavy (non-hydrogen) atoms. The van der Waals surface area contributed by atoms with E-state index in [2.05, 4.69) is 10.6 Å². The Morgan fingerprint density at radius 1 is 1.04 bits per heavy atom. The number of hydrogen-bond acceptors (Lipinski definition) is 2. The lowest BCUT2D eigenvalue weighted by Crippen LogP contribution is -2.55. The molecule has 4 aliphatic carbocycles. The Balaban J connectivity index is 1.33. The summed E-state index contributed by atoms with van der Waals surface area (Å²) in [6.07, 6.45) is 12.7. The van der Waals surface area contributed by atoms with Crippen molar-refractivity contribution in [2.45, 2.75) is 64.8 Å². The van der Waals surface area contributed by atoms with Crippen LogP contribution in [0.2, 0.25) is 0 Å². The first kappa shape index (κ1) is 19.0. The van der Waals surface area contributed by atoms with Gasteiger partial charge in [0.1, 0.15) is 0 Å². The van der Waals surface area contributed by atoms with E-state index in [9.17, 15) is 4.79 Å². The molecule has 0 aromatic carbocycles. The number of amides is 1. The minimum Gasteiger partial charge on any atom is -0.351 e. The average Bonchev–Trinajstić information content (AvgIpc) is 2.52. The van der Waals surface area contributed by atoms with Crippen LogP contribution in [-0.2, 0) is 4.79 Å². The molecule has 1 amide bonds. The van der Waals surface area contributed by atoms with Crippen LogP contribution in [0.1, 0.15) is 58.8 Å². The normalized spacial score (nSPS) is 34.4. The van der Waals surface area contributed by atoms with Gasteiger partial charge in [0.25, 0.3) is 0 Å². The molecule has 4 bridgehead atoms. The van der Waals surface area contributed by atoms with Crippen molar-refractivity contribution in [1.29, 1.82) is 0 Å². The van der Waals surface area contributed by atoms with Gasteiger partial charge in [-0.05, 0) is 82.5 Å². The maximum absolute atomic E-state index is 12.0. The lowest BCUT2D eigenvalue weighted by atomic mass is 9.54. The Morgan fingerprint density at radius 2 is 1.68 bits per heavy atom. The third kappa shape index (κ3) is 5.34.